The van der Waals surface area contributed by atoms with E-state index in [2.05, 4.69) is 25.6 Å². The van der Waals surface area contributed by atoms with E-state index in [0.29, 0.717) is 5.92 Å². The van der Waals surface area contributed by atoms with Crippen molar-refractivity contribution in [1.82, 2.24) is 0 Å². The van der Waals surface area contributed by atoms with E-state index in [1.807, 2.05) is 0 Å². The maximum Gasteiger partial charge on any atom is 0.137 e. The van der Waals surface area contributed by atoms with Crippen LogP contribution in [0.2, 0.25) is 0 Å². The molecule has 0 aromatic heterocycles. The molecule has 1 aliphatic heterocycles. The molecule has 2 N–H and O–H groups in total. The molecule has 1 saturated heterocycles. The highest BCUT2D eigenvalue weighted by Gasteiger charge is 2.46. The van der Waals surface area contributed by atoms with Gasteiger partial charge in [-0.15, -0.1) is 0 Å². The van der Waals surface area contributed by atoms with Gasteiger partial charge in [0.05, 0.1) is 13.2 Å². The van der Waals surface area contributed by atoms with E-state index in [0.717, 1.165) is 51.3 Å². The molecular formula is C14H25N2O2+. The lowest BCUT2D eigenvalue weighted by atomic mass is 9.73. The summed E-state index contributed by atoms with van der Waals surface area (Å²) in [5.74, 6) is 0.476. The van der Waals surface area contributed by atoms with E-state index in [4.69, 9.17) is 4.74 Å². The topological polar surface area (TPSA) is 46.3 Å². The molecule has 4 heteroatoms. The number of quaternary nitrogens is 1. The van der Waals surface area contributed by atoms with E-state index >= 15 is 0 Å². The van der Waals surface area contributed by atoms with Gasteiger partial charge >= 0.3 is 0 Å². The predicted octanol–water partition coefficient (Wildman–Crippen LogP) is 0.867. The SMILES string of the molecule is C=C(C)[C@H]1CC[C@](C)([NH+]2CCOCC2)/C(=N\O)C1. The first-order chi connectivity index (χ1) is 8.58. The van der Waals surface area contributed by atoms with Crippen LogP contribution in [-0.4, -0.2) is 42.8 Å². The number of morpholine rings is 1. The van der Waals surface area contributed by atoms with Crippen molar-refractivity contribution in [2.75, 3.05) is 26.3 Å². The van der Waals surface area contributed by atoms with Crippen LogP contribution in [0, 0.1) is 5.92 Å². The fourth-order valence-electron chi connectivity index (χ4n) is 3.29. The first-order valence-electron chi connectivity index (χ1n) is 6.87. The largest absolute Gasteiger partial charge is 0.411 e. The number of oxime groups is 1. The van der Waals surface area contributed by atoms with E-state index in [1.54, 1.807) is 0 Å². The Bertz CT molecular complexity index is 348. The Kier molecular flexibility index (Phi) is 4.07. The van der Waals surface area contributed by atoms with E-state index in [-0.39, 0.29) is 5.54 Å². The van der Waals surface area contributed by atoms with Gasteiger partial charge in [-0.1, -0.05) is 17.3 Å². The minimum Gasteiger partial charge on any atom is -0.411 e. The van der Waals surface area contributed by atoms with Crippen molar-refractivity contribution in [2.45, 2.75) is 38.6 Å². The molecule has 2 aliphatic rings. The Hall–Kier alpha value is -0.870. The lowest BCUT2D eigenvalue weighted by Gasteiger charge is -2.44. The summed E-state index contributed by atoms with van der Waals surface area (Å²) in [6, 6.07) is 0. The van der Waals surface area contributed by atoms with Crippen LogP contribution in [0.5, 0.6) is 0 Å². The van der Waals surface area contributed by atoms with Crippen LogP contribution < -0.4 is 4.90 Å². The molecule has 0 unspecified atom stereocenters. The quantitative estimate of drug-likeness (QED) is 0.436. The second kappa shape index (κ2) is 5.41. The predicted molar refractivity (Wildman–Crippen MR) is 71.3 cm³/mol. The summed E-state index contributed by atoms with van der Waals surface area (Å²) < 4.78 is 5.43. The summed E-state index contributed by atoms with van der Waals surface area (Å²) in [5, 5.41) is 13.0. The normalized spacial score (nSPS) is 36.8. The maximum atomic E-state index is 9.37. The fourth-order valence-corrected chi connectivity index (χ4v) is 3.29. The zero-order valence-corrected chi connectivity index (χ0v) is 11.5. The molecule has 0 bridgehead atoms. The van der Waals surface area contributed by atoms with Gasteiger partial charge in [0.15, 0.2) is 0 Å². The Morgan fingerprint density at radius 2 is 2.17 bits per heavy atom. The summed E-state index contributed by atoms with van der Waals surface area (Å²) >= 11 is 0. The van der Waals surface area contributed by atoms with Gasteiger partial charge in [0.1, 0.15) is 24.3 Å². The highest BCUT2D eigenvalue weighted by atomic mass is 16.5. The number of rotatable bonds is 2. The first-order valence-corrected chi connectivity index (χ1v) is 6.87. The van der Waals surface area contributed by atoms with Gasteiger partial charge in [0.25, 0.3) is 0 Å². The van der Waals surface area contributed by atoms with Crippen molar-refractivity contribution in [2.24, 2.45) is 11.1 Å². The molecule has 0 spiro atoms. The zero-order valence-electron chi connectivity index (χ0n) is 11.5. The van der Waals surface area contributed by atoms with Crippen LogP contribution in [0.4, 0.5) is 0 Å². The minimum atomic E-state index is -0.0233. The van der Waals surface area contributed by atoms with Crippen molar-refractivity contribution in [3.8, 4) is 0 Å². The Balaban J connectivity index is 2.14. The lowest BCUT2D eigenvalue weighted by Crippen LogP contribution is -3.22. The molecule has 0 radical (unpaired) electrons. The number of hydrogen-bond acceptors (Lipinski definition) is 3. The van der Waals surface area contributed by atoms with Crippen molar-refractivity contribution in [1.29, 1.82) is 0 Å². The average molecular weight is 253 g/mol. The molecule has 18 heavy (non-hydrogen) atoms. The number of allylic oxidation sites excluding steroid dienone is 1. The van der Waals surface area contributed by atoms with Crippen LogP contribution in [-0.2, 0) is 4.74 Å². The Labute approximate surface area is 109 Å². The summed E-state index contributed by atoms with van der Waals surface area (Å²) in [5.41, 5.74) is 2.12. The molecule has 1 heterocycles. The molecule has 0 aromatic rings. The maximum absolute atomic E-state index is 9.37. The third-order valence-electron chi connectivity index (χ3n) is 4.76. The molecular weight excluding hydrogens is 228 g/mol. The van der Waals surface area contributed by atoms with Gasteiger partial charge in [-0.25, -0.2) is 0 Å². The molecule has 2 rings (SSSR count). The Morgan fingerprint density at radius 1 is 1.50 bits per heavy atom. The van der Waals surface area contributed by atoms with Crippen LogP contribution in [0.1, 0.15) is 33.1 Å². The van der Waals surface area contributed by atoms with Gasteiger partial charge in [-0.2, -0.15) is 0 Å². The van der Waals surface area contributed by atoms with Crippen molar-refractivity contribution in [3.05, 3.63) is 12.2 Å². The third kappa shape index (κ3) is 2.45. The standard InChI is InChI=1S/C14H24N2O2/c1-11(2)12-4-5-14(3,13(10-12)15-17)16-6-8-18-9-7-16/h12,17H,1,4-10H2,2-3H3/p+1/b15-13-/t12-,14-/m0/s1. The lowest BCUT2D eigenvalue weighted by molar-refractivity contribution is -0.946. The number of nitrogens with one attached hydrogen (secondary N) is 1. The minimum absolute atomic E-state index is 0.0233. The van der Waals surface area contributed by atoms with Crippen LogP contribution >= 0.6 is 0 Å². The van der Waals surface area contributed by atoms with Crippen LogP contribution in [0.25, 0.3) is 0 Å². The van der Waals surface area contributed by atoms with Crippen molar-refractivity contribution >= 4 is 5.71 Å². The monoisotopic (exact) mass is 253 g/mol. The summed E-state index contributed by atoms with van der Waals surface area (Å²) in [7, 11) is 0. The van der Waals surface area contributed by atoms with Crippen LogP contribution in [0.3, 0.4) is 0 Å². The molecule has 0 amide bonds. The zero-order chi connectivity index (χ0) is 13.2. The molecule has 102 valence electrons. The van der Waals surface area contributed by atoms with Crippen LogP contribution in [0.15, 0.2) is 17.3 Å². The smallest absolute Gasteiger partial charge is 0.137 e. The van der Waals surface area contributed by atoms with E-state index in [1.165, 1.54) is 10.5 Å². The first kappa shape index (κ1) is 13.6. The molecule has 2 fully saturated rings. The Morgan fingerprint density at radius 3 is 2.72 bits per heavy atom. The number of hydrogen-bond donors (Lipinski definition) is 2. The van der Waals surface area contributed by atoms with E-state index < -0.39 is 0 Å². The third-order valence-corrected chi connectivity index (χ3v) is 4.76. The van der Waals surface area contributed by atoms with Gasteiger partial charge in [0, 0.05) is 12.8 Å². The second-order valence-corrected chi connectivity index (χ2v) is 5.88. The van der Waals surface area contributed by atoms with E-state index in [9.17, 15) is 5.21 Å². The van der Waals surface area contributed by atoms with Crippen molar-refractivity contribution < 1.29 is 14.8 Å². The van der Waals surface area contributed by atoms with Gasteiger partial charge in [-0.05, 0) is 26.2 Å². The summed E-state index contributed by atoms with van der Waals surface area (Å²) in [6.07, 6.45) is 3.07. The average Bonchev–Trinajstić information content (AvgIpc) is 2.40. The number of nitrogens with zero attached hydrogens (tertiary/aromatic N) is 1. The van der Waals surface area contributed by atoms with Crippen molar-refractivity contribution in [3.63, 3.8) is 0 Å². The highest BCUT2D eigenvalue weighted by Crippen LogP contribution is 2.32. The molecule has 1 saturated carbocycles. The fraction of sp³-hybridized carbons (Fsp3) is 0.786. The highest BCUT2D eigenvalue weighted by molar-refractivity contribution is 5.92. The summed E-state index contributed by atoms with van der Waals surface area (Å²) in [6.45, 7) is 12.0. The number of ether oxygens (including phenoxy) is 1. The molecule has 0 aromatic carbocycles. The van der Waals surface area contributed by atoms with Gasteiger partial charge in [0.2, 0.25) is 0 Å². The second-order valence-electron chi connectivity index (χ2n) is 5.88. The summed E-state index contributed by atoms with van der Waals surface area (Å²) in [4.78, 5) is 1.50. The van der Waals surface area contributed by atoms with Gasteiger partial charge in [-0.3, -0.25) is 0 Å². The molecule has 2 atom stereocenters. The molecule has 1 aliphatic carbocycles. The van der Waals surface area contributed by atoms with Gasteiger partial charge < -0.3 is 14.8 Å². The molecule has 4 nitrogen and oxygen atoms in total.